The van der Waals surface area contributed by atoms with Gasteiger partial charge in [-0.2, -0.15) is 0 Å². The third-order valence-electron chi connectivity index (χ3n) is 5.05. The van der Waals surface area contributed by atoms with Gasteiger partial charge >= 0.3 is 0 Å². The minimum absolute atomic E-state index is 0.0333. The summed E-state index contributed by atoms with van der Waals surface area (Å²) < 4.78 is 0. The fraction of sp³-hybridized carbons (Fsp3) is 0.556. The second-order valence-electron chi connectivity index (χ2n) is 7.07. The van der Waals surface area contributed by atoms with Gasteiger partial charge in [-0.25, -0.2) is 0 Å². The summed E-state index contributed by atoms with van der Waals surface area (Å²) in [5.41, 5.74) is 1.68. The predicted octanol–water partition coefficient (Wildman–Crippen LogP) is 2.45. The van der Waals surface area contributed by atoms with E-state index in [4.69, 9.17) is 11.6 Å². The highest BCUT2D eigenvalue weighted by Gasteiger charge is 2.58. The van der Waals surface area contributed by atoms with E-state index in [2.05, 4.69) is 10.2 Å². The normalized spacial score (nSPS) is 19.9. The molecule has 1 heterocycles. The number of benzene rings is 1. The number of carbonyl (C=O) groups excluding carboxylic acids is 2. The van der Waals surface area contributed by atoms with Crippen molar-refractivity contribution in [1.29, 1.82) is 0 Å². The first-order valence-corrected chi connectivity index (χ1v) is 8.77. The Kier molecular flexibility index (Phi) is 4.58. The van der Waals surface area contributed by atoms with Crippen molar-refractivity contribution in [2.75, 3.05) is 38.5 Å². The van der Waals surface area contributed by atoms with Crippen LogP contribution >= 0.6 is 11.6 Å². The first-order valence-electron chi connectivity index (χ1n) is 8.39. The summed E-state index contributed by atoms with van der Waals surface area (Å²) in [5.74, 6) is -0.255. The molecule has 1 aliphatic heterocycles. The molecule has 3 rings (SSSR count). The number of anilines is 1. The number of hydrogen-bond donors (Lipinski definition) is 1. The lowest BCUT2D eigenvalue weighted by Crippen LogP contribution is -2.51. The smallest absolute Gasteiger partial charge is 0.240 e. The SMILES string of the molecule is Cc1cc(C)c(NC(=O)C2(C(=O)N3CCN(C)CC3)CC2)c(Cl)c1. The van der Waals surface area contributed by atoms with Gasteiger partial charge in [0.15, 0.2) is 0 Å². The Morgan fingerprint density at radius 3 is 2.29 bits per heavy atom. The fourth-order valence-electron chi connectivity index (χ4n) is 3.28. The molecule has 2 aliphatic rings. The standard InChI is InChI=1S/C18H24ClN3O2/c1-12-10-13(2)15(14(19)11-12)20-16(23)18(4-5-18)17(24)22-8-6-21(3)7-9-22/h10-11H,4-9H2,1-3H3,(H,20,23). The summed E-state index contributed by atoms with van der Waals surface area (Å²) in [4.78, 5) is 29.7. The number of amides is 2. The molecule has 0 unspecified atom stereocenters. The molecule has 0 radical (unpaired) electrons. The second-order valence-corrected chi connectivity index (χ2v) is 7.48. The van der Waals surface area contributed by atoms with Crippen LogP contribution in [0.25, 0.3) is 0 Å². The molecule has 1 saturated carbocycles. The number of nitrogens with zero attached hydrogens (tertiary/aromatic N) is 2. The van der Waals surface area contributed by atoms with E-state index in [-0.39, 0.29) is 11.8 Å². The van der Waals surface area contributed by atoms with Crippen molar-refractivity contribution in [1.82, 2.24) is 9.80 Å². The van der Waals surface area contributed by atoms with Crippen LogP contribution in [-0.2, 0) is 9.59 Å². The number of hydrogen-bond acceptors (Lipinski definition) is 3. The third kappa shape index (κ3) is 3.15. The van der Waals surface area contributed by atoms with Gasteiger partial charge in [-0.05, 0) is 50.9 Å². The monoisotopic (exact) mass is 349 g/mol. The number of aryl methyl sites for hydroxylation is 2. The molecule has 1 aromatic carbocycles. The van der Waals surface area contributed by atoms with E-state index in [1.807, 2.05) is 37.9 Å². The van der Waals surface area contributed by atoms with Gasteiger partial charge in [0.05, 0.1) is 10.7 Å². The minimum Gasteiger partial charge on any atom is -0.339 e. The van der Waals surface area contributed by atoms with Crippen LogP contribution in [0, 0.1) is 19.3 Å². The Morgan fingerprint density at radius 2 is 1.75 bits per heavy atom. The molecule has 1 saturated heterocycles. The zero-order valence-corrected chi connectivity index (χ0v) is 15.2. The Hall–Kier alpha value is -1.59. The molecule has 0 aromatic heterocycles. The minimum atomic E-state index is -0.892. The van der Waals surface area contributed by atoms with Crippen LogP contribution in [0.3, 0.4) is 0 Å². The molecule has 5 nitrogen and oxygen atoms in total. The van der Waals surface area contributed by atoms with Crippen LogP contribution in [0.5, 0.6) is 0 Å². The number of piperazine rings is 1. The van der Waals surface area contributed by atoms with Crippen molar-refractivity contribution in [2.45, 2.75) is 26.7 Å². The molecule has 0 spiro atoms. The first-order chi connectivity index (χ1) is 11.3. The third-order valence-corrected chi connectivity index (χ3v) is 5.35. The molecule has 1 N–H and O–H groups in total. The number of likely N-dealkylation sites (N-methyl/N-ethyl adjacent to an activating group) is 1. The van der Waals surface area contributed by atoms with E-state index in [1.54, 1.807) is 0 Å². The Balaban J connectivity index is 1.74. The highest BCUT2D eigenvalue weighted by atomic mass is 35.5. The van der Waals surface area contributed by atoms with Crippen molar-refractivity contribution in [3.05, 3.63) is 28.3 Å². The van der Waals surface area contributed by atoms with Gasteiger partial charge in [-0.1, -0.05) is 17.7 Å². The van der Waals surface area contributed by atoms with Gasteiger partial charge in [0.25, 0.3) is 0 Å². The maximum Gasteiger partial charge on any atom is 0.240 e. The van der Waals surface area contributed by atoms with Gasteiger partial charge in [0.1, 0.15) is 5.41 Å². The Morgan fingerprint density at radius 1 is 1.12 bits per heavy atom. The van der Waals surface area contributed by atoms with Crippen molar-refractivity contribution < 1.29 is 9.59 Å². The van der Waals surface area contributed by atoms with Crippen LogP contribution in [-0.4, -0.2) is 54.8 Å². The average Bonchev–Trinajstić information content (AvgIpc) is 3.32. The maximum absolute atomic E-state index is 12.9. The van der Waals surface area contributed by atoms with Crippen molar-refractivity contribution in [3.8, 4) is 0 Å². The van der Waals surface area contributed by atoms with E-state index in [0.717, 1.165) is 24.2 Å². The van der Waals surface area contributed by atoms with Crippen molar-refractivity contribution in [3.63, 3.8) is 0 Å². The molecular formula is C18H24ClN3O2. The zero-order chi connectivity index (χ0) is 17.5. The summed E-state index contributed by atoms with van der Waals surface area (Å²) >= 11 is 6.28. The highest BCUT2D eigenvalue weighted by molar-refractivity contribution is 6.34. The van der Waals surface area contributed by atoms with Crippen LogP contribution in [0.15, 0.2) is 12.1 Å². The van der Waals surface area contributed by atoms with E-state index in [9.17, 15) is 9.59 Å². The lowest BCUT2D eigenvalue weighted by atomic mass is 10.0. The lowest BCUT2D eigenvalue weighted by molar-refractivity contribution is -0.143. The summed E-state index contributed by atoms with van der Waals surface area (Å²) in [6, 6.07) is 3.80. The van der Waals surface area contributed by atoms with Crippen molar-refractivity contribution >= 4 is 29.1 Å². The largest absolute Gasteiger partial charge is 0.339 e. The summed E-state index contributed by atoms with van der Waals surface area (Å²) in [6.07, 6.45) is 1.24. The maximum atomic E-state index is 12.9. The van der Waals surface area contributed by atoms with Gasteiger partial charge in [0, 0.05) is 26.2 Å². The number of carbonyl (C=O) groups is 2. The molecule has 1 aliphatic carbocycles. The molecule has 24 heavy (non-hydrogen) atoms. The van der Waals surface area contributed by atoms with Gasteiger partial charge < -0.3 is 15.1 Å². The topological polar surface area (TPSA) is 52.7 Å². The summed E-state index contributed by atoms with van der Waals surface area (Å²) in [7, 11) is 2.05. The van der Waals surface area contributed by atoms with Gasteiger partial charge in [-0.15, -0.1) is 0 Å². The Bertz CT molecular complexity index is 654. The van der Waals surface area contributed by atoms with Gasteiger partial charge in [0.2, 0.25) is 11.8 Å². The molecule has 2 amide bonds. The molecular weight excluding hydrogens is 326 g/mol. The van der Waals surface area contributed by atoms with Crippen molar-refractivity contribution in [2.24, 2.45) is 5.41 Å². The molecule has 0 atom stereocenters. The second kappa shape index (κ2) is 6.37. The average molecular weight is 350 g/mol. The summed E-state index contributed by atoms with van der Waals surface area (Å²) in [6.45, 7) is 6.96. The molecule has 1 aromatic rings. The van der Waals surface area contributed by atoms with Crippen LogP contribution < -0.4 is 5.32 Å². The van der Waals surface area contributed by atoms with E-state index in [1.165, 1.54) is 0 Å². The quantitative estimate of drug-likeness (QED) is 0.853. The predicted molar refractivity (Wildman–Crippen MR) is 95.3 cm³/mol. The van der Waals surface area contributed by atoms with Crippen LogP contribution in [0.2, 0.25) is 5.02 Å². The fourth-order valence-corrected chi connectivity index (χ4v) is 3.65. The number of rotatable bonds is 3. The molecule has 0 bridgehead atoms. The lowest BCUT2D eigenvalue weighted by Gasteiger charge is -2.34. The van der Waals surface area contributed by atoms with Gasteiger partial charge in [-0.3, -0.25) is 9.59 Å². The van der Waals surface area contributed by atoms with E-state index >= 15 is 0 Å². The number of nitrogens with one attached hydrogen (secondary N) is 1. The van der Waals surface area contributed by atoms with E-state index in [0.29, 0.717) is 36.6 Å². The molecule has 130 valence electrons. The van der Waals surface area contributed by atoms with Crippen LogP contribution in [0.1, 0.15) is 24.0 Å². The summed E-state index contributed by atoms with van der Waals surface area (Å²) in [5, 5.41) is 3.43. The first kappa shape index (κ1) is 17.2. The zero-order valence-electron chi connectivity index (χ0n) is 14.5. The van der Waals surface area contributed by atoms with E-state index < -0.39 is 5.41 Å². The Labute approximate surface area is 147 Å². The molecule has 6 heteroatoms. The van der Waals surface area contributed by atoms with Crippen LogP contribution in [0.4, 0.5) is 5.69 Å². The highest BCUT2D eigenvalue weighted by Crippen LogP contribution is 2.48. The number of halogens is 1. The molecule has 2 fully saturated rings.